The van der Waals surface area contributed by atoms with Crippen molar-refractivity contribution in [1.29, 1.82) is 0 Å². The van der Waals surface area contributed by atoms with Crippen LogP contribution in [0.15, 0.2) is 30.7 Å². The molecule has 0 bridgehead atoms. The van der Waals surface area contributed by atoms with Gasteiger partial charge in [-0.15, -0.1) is 0 Å². The molecular formula is C9H12N6. The van der Waals surface area contributed by atoms with Crippen LogP contribution in [0.3, 0.4) is 0 Å². The van der Waals surface area contributed by atoms with Gasteiger partial charge in [-0.05, 0) is 12.1 Å². The first-order valence-corrected chi connectivity index (χ1v) is 4.64. The van der Waals surface area contributed by atoms with Gasteiger partial charge in [0.1, 0.15) is 5.82 Å². The molecule has 2 aromatic rings. The molecule has 0 spiro atoms. The molecule has 6 heteroatoms. The molecule has 0 saturated heterocycles. The molecule has 2 rings (SSSR count). The summed E-state index contributed by atoms with van der Waals surface area (Å²) in [4.78, 5) is 7.82. The van der Waals surface area contributed by atoms with E-state index < -0.39 is 0 Å². The monoisotopic (exact) mass is 204 g/mol. The molecule has 78 valence electrons. The molecular weight excluding hydrogens is 192 g/mol. The van der Waals surface area contributed by atoms with E-state index in [2.05, 4.69) is 20.4 Å². The van der Waals surface area contributed by atoms with Crippen LogP contribution in [0.1, 0.15) is 0 Å². The van der Waals surface area contributed by atoms with Gasteiger partial charge in [-0.2, -0.15) is 10.1 Å². The van der Waals surface area contributed by atoms with E-state index in [1.165, 1.54) is 0 Å². The topological polar surface area (TPSA) is 81.6 Å². The normalized spacial score (nSPS) is 10.1. The third-order valence-electron chi connectivity index (χ3n) is 1.88. The molecule has 0 amide bonds. The Morgan fingerprint density at radius 3 is 3.07 bits per heavy atom. The second kappa shape index (κ2) is 4.41. The van der Waals surface area contributed by atoms with E-state index in [9.17, 15) is 0 Å². The van der Waals surface area contributed by atoms with Crippen molar-refractivity contribution in [1.82, 2.24) is 19.7 Å². The summed E-state index contributed by atoms with van der Waals surface area (Å²) in [5, 5.41) is 7.22. The smallest absolute Gasteiger partial charge is 0.221 e. The minimum Gasteiger partial charge on any atom is -0.368 e. The van der Waals surface area contributed by atoms with Gasteiger partial charge in [0.05, 0.1) is 6.54 Å². The highest BCUT2D eigenvalue weighted by molar-refractivity contribution is 5.36. The predicted molar refractivity (Wildman–Crippen MR) is 57.2 cm³/mol. The summed E-state index contributed by atoms with van der Waals surface area (Å²) in [6.45, 7) is 1.54. The molecule has 0 saturated carbocycles. The zero-order chi connectivity index (χ0) is 10.5. The number of nitrogens with two attached hydrogens (primary N) is 1. The summed E-state index contributed by atoms with van der Waals surface area (Å²) >= 11 is 0. The van der Waals surface area contributed by atoms with Gasteiger partial charge in [0, 0.05) is 25.1 Å². The van der Waals surface area contributed by atoms with Crippen molar-refractivity contribution in [3.63, 3.8) is 0 Å². The van der Waals surface area contributed by atoms with Crippen LogP contribution in [-0.4, -0.2) is 26.3 Å². The minimum absolute atomic E-state index is 0.277. The maximum absolute atomic E-state index is 5.45. The fourth-order valence-corrected chi connectivity index (χ4v) is 1.20. The van der Waals surface area contributed by atoms with Crippen LogP contribution in [-0.2, 0) is 6.54 Å². The zero-order valence-electron chi connectivity index (χ0n) is 8.17. The fraction of sp³-hybridized carbons (Fsp3) is 0.222. The highest BCUT2D eigenvalue weighted by Crippen LogP contribution is 2.01. The average molecular weight is 204 g/mol. The van der Waals surface area contributed by atoms with Crippen molar-refractivity contribution in [2.75, 3.05) is 17.6 Å². The number of anilines is 2. The van der Waals surface area contributed by atoms with Crippen molar-refractivity contribution < 1.29 is 0 Å². The Labute approximate surface area is 87.2 Å². The fourth-order valence-electron chi connectivity index (χ4n) is 1.20. The van der Waals surface area contributed by atoms with Gasteiger partial charge in [-0.3, -0.25) is 4.68 Å². The van der Waals surface area contributed by atoms with Crippen LogP contribution in [0.5, 0.6) is 0 Å². The Morgan fingerprint density at radius 1 is 1.40 bits per heavy atom. The van der Waals surface area contributed by atoms with E-state index in [1.54, 1.807) is 18.5 Å². The van der Waals surface area contributed by atoms with E-state index in [4.69, 9.17) is 5.73 Å². The SMILES string of the molecule is Nc1nccc(NCCn2cccn2)n1. The van der Waals surface area contributed by atoms with Crippen LogP contribution >= 0.6 is 0 Å². The van der Waals surface area contributed by atoms with E-state index in [0.717, 1.165) is 18.9 Å². The van der Waals surface area contributed by atoms with E-state index in [1.807, 2.05) is 16.9 Å². The van der Waals surface area contributed by atoms with Crippen molar-refractivity contribution in [3.8, 4) is 0 Å². The van der Waals surface area contributed by atoms with Crippen LogP contribution in [0.25, 0.3) is 0 Å². The highest BCUT2D eigenvalue weighted by Gasteiger charge is 1.95. The molecule has 2 aromatic heterocycles. The molecule has 0 aliphatic rings. The quantitative estimate of drug-likeness (QED) is 0.751. The van der Waals surface area contributed by atoms with Crippen molar-refractivity contribution in [2.45, 2.75) is 6.54 Å². The van der Waals surface area contributed by atoms with Gasteiger partial charge in [0.2, 0.25) is 5.95 Å². The Kier molecular flexibility index (Phi) is 2.77. The molecule has 2 heterocycles. The van der Waals surface area contributed by atoms with Gasteiger partial charge in [-0.25, -0.2) is 4.98 Å². The molecule has 0 unspecified atom stereocenters. The summed E-state index contributed by atoms with van der Waals surface area (Å²) < 4.78 is 1.84. The summed E-state index contributed by atoms with van der Waals surface area (Å²) in [6.07, 6.45) is 5.29. The first kappa shape index (κ1) is 9.45. The highest BCUT2D eigenvalue weighted by atomic mass is 15.3. The molecule has 0 aliphatic heterocycles. The summed E-state index contributed by atoms with van der Waals surface area (Å²) in [5.41, 5.74) is 5.45. The summed E-state index contributed by atoms with van der Waals surface area (Å²) in [7, 11) is 0. The van der Waals surface area contributed by atoms with Crippen molar-refractivity contribution >= 4 is 11.8 Å². The first-order chi connectivity index (χ1) is 7.34. The van der Waals surface area contributed by atoms with Gasteiger partial charge in [0.15, 0.2) is 0 Å². The number of nitrogens with zero attached hydrogens (tertiary/aromatic N) is 4. The lowest BCUT2D eigenvalue weighted by Crippen LogP contribution is -2.12. The maximum Gasteiger partial charge on any atom is 0.221 e. The van der Waals surface area contributed by atoms with Crippen LogP contribution in [0.2, 0.25) is 0 Å². The molecule has 0 atom stereocenters. The number of hydrogen-bond donors (Lipinski definition) is 2. The number of aromatic nitrogens is 4. The van der Waals surface area contributed by atoms with Crippen LogP contribution < -0.4 is 11.1 Å². The van der Waals surface area contributed by atoms with Gasteiger partial charge in [0.25, 0.3) is 0 Å². The zero-order valence-corrected chi connectivity index (χ0v) is 8.17. The molecule has 0 aliphatic carbocycles. The second-order valence-corrected chi connectivity index (χ2v) is 3.00. The number of rotatable bonds is 4. The number of hydrogen-bond acceptors (Lipinski definition) is 5. The van der Waals surface area contributed by atoms with E-state index in [-0.39, 0.29) is 5.95 Å². The molecule has 0 radical (unpaired) electrons. The predicted octanol–water partition coefficient (Wildman–Crippen LogP) is 0.367. The van der Waals surface area contributed by atoms with Gasteiger partial charge < -0.3 is 11.1 Å². The van der Waals surface area contributed by atoms with Crippen molar-refractivity contribution in [3.05, 3.63) is 30.7 Å². The standard InChI is InChI=1S/C9H12N6/c10-9-12-4-2-8(14-9)11-5-7-15-6-1-3-13-15/h1-4,6H,5,7H2,(H3,10,11,12,14). The Balaban J connectivity index is 1.83. The summed E-state index contributed by atoms with van der Waals surface area (Å²) in [6, 6.07) is 3.67. The van der Waals surface area contributed by atoms with E-state index >= 15 is 0 Å². The van der Waals surface area contributed by atoms with Crippen LogP contribution in [0, 0.1) is 0 Å². The Bertz CT molecular complexity index is 410. The van der Waals surface area contributed by atoms with Gasteiger partial charge in [-0.1, -0.05) is 0 Å². The summed E-state index contributed by atoms with van der Waals surface area (Å²) in [5.74, 6) is 1.01. The largest absolute Gasteiger partial charge is 0.368 e. The lowest BCUT2D eigenvalue weighted by molar-refractivity contribution is 0.637. The Morgan fingerprint density at radius 2 is 2.33 bits per heavy atom. The molecule has 15 heavy (non-hydrogen) atoms. The number of nitrogens with one attached hydrogen (secondary N) is 1. The Hall–Kier alpha value is -2.11. The molecule has 6 nitrogen and oxygen atoms in total. The third-order valence-corrected chi connectivity index (χ3v) is 1.88. The molecule has 0 aromatic carbocycles. The molecule has 3 N–H and O–H groups in total. The minimum atomic E-state index is 0.277. The van der Waals surface area contributed by atoms with Gasteiger partial charge >= 0.3 is 0 Å². The van der Waals surface area contributed by atoms with E-state index in [0.29, 0.717) is 0 Å². The number of nitrogen functional groups attached to an aromatic ring is 1. The van der Waals surface area contributed by atoms with Crippen molar-refractivity contribution in [2.24, 2.45) is 0 Å². The van der Waals surface area contributed by atoms with Crippen LogP contribution in [0.4, 0.5) is 11.8 Å². The lowest BCUT2D eigenvalue weighted by Gasteiger charge is -2.05. The lowest BCUT2D eigenvalue weighted by atomic mass is 10.5. The third kappa shape index (κ3) is 2.67. The first-order valence-electron chi connectivity index (χ1n) is 4.64. The second-order valence-electron chi connectivity index (χ2n) is 3.00. The average Bonchev–Trinajstić information content (AvgIpc) is 2.71. The molecule has 0 fully saturated rings. The maximum atomic E-state index is 5.45.